The Morgan fingerprint density at radius 1 is 1.27 bits per heavy atom. The number of rotatable bonds is 4. The predicted molar refractivity (Wildman–Crippen MR) is 63.7 cm³/mol. The average Bonchev–Trinajstić information content (AvgIpc) is 2.26. The molecule has 0 spiro atoms. The molecule has 0 aliphatic heterocycles. The molecule has 0 aromatic heterocycles. The lowest BCUT2D eigenvalue weighted by Gasteiger charge is -2.26. The zero-order valence-electron chi connectivity index (χ0n) is 10.5. The van der Waals surface area contributed by atoms with Crippen LogP contribution in [0.25, 0.3) is 0 Å². The molecule has 0 unspecified atom stereocenters. The molecule has 0 saturated heterocycles. The lowest BCUT2D eigenvalue weighted by atomic mass is 9.88. The molecule has 0 aromatic rings. The highest BCUT2D eigenvalue weighted by molar-refractivity contribution is 5.78. The molecule has 1 fully saturated rings. The normalized spacial score (nSPS) is 18.1. The Morgan fingerprint density at radius 3 is 2.40 bits per heavy atom. The number of amides is 1. The van der Waals surface area contributed by atoms with Gasteiger partial charge in [0.15, 0.2) is 0 Å². The standard InChI is InChI=1S/C13H25NO/c1-11(2)9-10-14(3)13(15)12-7-5-4-6-8-12/h11-12H,4-10H2,1-3H3. The van der Waals surface area contributed by atoms with Gasteiger partial charge in [0.25, 0.3) is 0 Å². The van der Waals surface area contributed by atoms with Crippen LogP contribution in [0.15, 0.2) is 0 Å². The second-order valence-electron chi connectivity index (χ2n) is 5.28. The Balaban J connectivity index is 2.30. The van der Waals surface area contributed by atoms with E-state index < -0.39 is 0 Å². The first kappa shape index (κ1) is 12.5. The zero-order valence-corrected chi connectivity index (χ0v) is 10.5. The van der Waals surface area contributed by atoms with E-state index in [1.54, 1.807) is 0 Å². The van der Waals surface area contributed by atoms with Gasteiger partial charge in [-0.2, -0.15) is 0 Å². The van der Waals surface area contributed by atoms with Crippen LogP contribution in [0.5, 0.6) is 0 Å². The van der Waals surface area contributed by atoms with Crippen molar-refractivity contribution < 1.29 is 4.79 Å². The number of carbonyl (C=O) groups excluding carboxylic acids is 1. The van der Waals surface area contributed by atoms with Crippen LogP contribution in [0.2, 0.25) is 0 Å². The lowest BCUT2D eigenvalue weighted by molar-refractivity contribution is -0.135. The van der Waals surface area contributed by atoms with Crippen molar-refractivity contribution in [2.75, 3.05) is 13.6 Å². The van der Waals surface area contributed by atoms with Crippen molar-refractivity contribution in [2.24, 2.45) is 11.8 Å². The monoisotopic (exact) mass is 211 g/mol. The molecule has 1 aliphatic carbocycles. The molecule has 2 nitrogen and oxygen atoms in total. The van der Waals surface area contributed by atoms with E-state index >= 15 is 0 Å². The first-order chi connectivity index (χ1) is 7.11. The van der Waals surface area contributed by atoms with Gasteiger partial charge < -0.3 is 4.90 Å². The quantitative estimate of drug-likeness (QED) is 0.700. The van der Waals surface area contributed by atoms with Gasteiger partial charge in [-0.25, -0.2) is 0 Å². The minimum Gasteiger partial charge on any atom is -0.346 e. The van der Waals surface area contributed by atoms with Gasteiger partial charge in [-0.3, -0.25) is 4.79 Å². The molecule has 0 heterocycles. The first-order valence-electron chi connectivity index (χ1n) is 6.36. The highest BCUT2D eigenvalue weighted by Gasteiger charge is 2.23. The molecule has 0 bridgehead atoms. The number of hydrogen-bond acceptors (Lipinski definition) is 1. The van der Waals surface area contributed by atoms with Gasteiger partial charge in [0.05, 0.1) is 0 Å². The summed E-state index contributed by atoms with van der Waals surface area (Å²) in [6.07, 6.45) is 7.16. The zero-order chi connectivity index (χ0) is 11.3. The Kier molecular flexibility index (Phi) is 5.13. The summed E-state index contributed by atoms with van der Waals surface area (Å²) in [6, 6.07) is 0. The van der Waals surface area contributed by atoms with Crippen molar-refractivity contribution in [3.8, 4) is 0 Å². The molecule has 1 aliphatic rings. The van der Waals surface area contributed by atoms with Gasteiger partial charge in [-0.1, -0.05) is 33.1 Å². The molecule has 0 aromatic carbocycles. The summed E-state index contributed by atoms with van der Waals surface area (Å²) in [4.78, 5) is 14.0. The summed E-state index contributed by atoms with van der Waals surface area (Å²) >= 11 is 0. The van der Waals surface area contributed by atoms with Crippen molar-refractivity contribution in [1.82, 2.24) is 4.90 Å². The summed E-state index contributed by atoms with van der Waals surface area (Å²) < 4.78 is 0. The van der Waals surface area contributed by atoms with Crippen LogP contribution in [0.4, 0.5) is 0 Å². The maximum Gasteiger partial charge on any atom is 0.225 e. The second kappa shape index (κ2) is 6.14. The van der Waals surface area contributed by atoms with E-state index in [-0.39, 0.29) is 0 Å². The molecule has 2 heteroatoms. The Bertz CT molecular complexity index is 195. The average molecular weight is 211 g/mol. The fourth-order valence-electron chi connectivity index (χ4n) is 2.22. The summed E-state index contributed by atoms with van der Waals surface area (Å²) in [5.41, 5.74) is 0. The van der Waals surface area contributed by atoms with Crippen molar-refractivity contribution >= 4 is 5.91 Å². The molecule has 1 rings (SSSR count). The molecular formula is C13H25NO. The molecule has 15 heavy (non-hydrogen) atoms. The molecule has 1 saturated carbocycles. The summed E-state index contributed by atoms with van der Waals surface area (Å²) in [6.45, 7) is 5.34. The predicted octanol–water partition coefficient (Wildman–Crippen LogP) is 3.07. The SMILES string of the molecule is CC(C)CCN(C)C(=O)C1CCCCC1. The van der Waals surface area contributed by atoms with Crippen LogP contribution in [-0.2, 0) is 4.79 Å². The maximum atomic E-state index is 12.0. The Morgan fingerprint density at radius 2 is 1.87 bits per heavy atom. The van der Waals surface area contributed by atoms with Gasteiger partial charge in [0.2, 0.25) is 5.91 Å². The largest absolute Gasteiger partial charge is 0.346 e. The lowest BCUT2D eigenvalue weighted by Crippen LogP contribution is -2.35. The number of carbonyl (C=O) groups is 1. The molecule has 0 atom stereocenters. The number of hydrogen-bond donors (Lipinski definition) is 0. The minimum absolute atomic E-state index is 0.330. The van der Waals surface area contributed by atoms with Crippen LogP contribution < -0.4 is 0 Å². The topological polar surface area (TPSA) is 20.3 Å². The summed E-state index contributed by atoms with van der Waals surface area (Å²) in [5, 5.41) is 0. The number of nitrogens with zero attached hydrogens (tertiary/aromatic N) is 1. The van der Waals surface area contributed by atoms with Gasteiger partial charge in [0.1, 0.15) is 0 Å². The molecule has 0 N–H and O–H groups in total. The van der Waals surface area contributed by atoms with Crippen molar-refractivity contribution in [3.63, 3.8) is 0 Å². The fourth-order valence-corrected chi connectivity index (χ4v) is 2.22. The second-order valence-corrected chi connectivity index (χ2v) is 5.28. The fraction of sp³-hybridized carbons (Fsp3) is 0.923. The van der Waals surface area contributed by atoms with Gasteiger partial charge in [0, 0.05) is 19.5 Å². The highest BCUT2D eigenvalue weighted by atomic mass is 16.2. The van der Waals surface area contributed by atoms with Crippen molar-refractivity contribution in [3.05, 3.63) is 0 Å². The van der Waals surface area contributed by atoms with E-state index in [4.69, 9.17) is 0 Å². The van der Waals surface area contributed by atoms with E-state index in [9.17, 15) is 4.79 Å². The maximum absolute atomic E-state index is 12.0. The smallest absolute Gasteiger partial charge is 0.225 e. The van der Waals surface area contributed by atoms with E-state index in [1.807, 2.05) is 11.9 Å². The van der Waals surface area contributed by atoms with E-state index in [1.165, 1.54) is 19.3 Å². The molecule has 1 amide bonds. The molecule has 0 radical (unpaired) electrons. The highest BCUT2D eigenvalue weighted by Crippen LogP contribution is 2.25. The first-order valence-corrected chi connectivity index (χ1v) is 6.36. The van der Waals surface area contributed by atoms with Crippen LogP contribution in [0, 0.1) is 11.8 Å². The van der Waals surface area contributed by atoms with Crippen LogP contribution >= 0.6 is 0 Å². The van der Waals surface area contributed by atoms with Gasteiger partial charge in [-0.05, 0) is 25.2 Å². The third kappa shape index (κ3) is 4.23. The van der Waals surface area contributed by atoms with E-state index in [0.717, 1.165) is 25.8 Å². The van der Waals surface area contributed by atoms with Crippen molar-refractivity contribution in [2.45, 2.75) is 52.4 Å². The summed E-state index contributed by atoms with van der Waals surface area (Å²) in [5.74, 6) is 1.40. The van der Waals surface area contributed by atoms with Gasteiger partial charge >= 0.3 is 0 Å². The molecule has 88 valence electrons. The van der Waals surface area contributed by atoms with Crippen LogP contribution in [0.1, 0.15) is 52.4 Å². The summed E-state index contributed by atoms with van der Waals surface area (Å²) in [7, 11) is 1.96. The molecular weight excluding hydrogens is 186 g/mol. The van der Waals surface area contributed by atoms with Crippen molar-refractivity contribution in [1.29, 1.82) is 0 Å². The van der Waals surface area contributed by atoms with Crippen LogP contribution in [0.3, 0.4) is 0 Å². The minimum atomic E-state index is 0.330. The van der Waals surface area contributed by atoms with Gasteiger partial charge in [-0.15, -0.1) is 0 Å². The van der Waals surface area contributed by atoms with Crippen LogP contribution in [-0.4, -0.2) is 24.4 Å². The Labute approximate surface area is 94.0 Å². The third-order valence-corrected chi connectivity index (χ3v) is 3.37. The van der Waals surface area contributed by atoms with E-state index in [0.29, 0.717) is 17.7 Å². The third-order valence-electron chi connectivity index (χ3n) is 3.37. The Hall–Kier alpha value is -0.530. The van der Waals surface area contributed by atoms with E-state index in [2.05, 4.69) is 13.8 Å².